The lowest BCUT2D eigenvalue weighted by Gasteiger charge is -2.17. The van der Waals surface area contributed by atoms with Gasteiger partial charge in [0.15, 0.2) is 0 Å². The highest BCUT2D eigenvalue weighted by Crippen LogP contribution is 2.14. The van der Waals surface area contributed by atoms with Crippen molar-refractivity contribution in [1.82, 2.24) is 15.2 Å². The topological polar surface area (TPSA) is 28.2 Å². The molecule has 0 amide bonds. The molecule has 0 aromatic carbocycles. The molecule has 1 fully saturated rings. The number of aryl methyl sites for hydroxylation is 1. The fourth-order valence-corrected chi connectivity index (χ4v) is 2.65. The van der Waals surface area contributed by atoms with Gasteiger partial charge in [0, 0.05) is 12.2 Å². The normalized spacial score (nSPS) is 19.6. The molecule has 1 N–H and O–H groups in total. The second-order valence-corrected chi connectivity index (χ2v) is 5.51. The molecule has 0 radical (unpaired) electrons. The number of aromatic nitrogens is 1. The molecule has 1 unspecified atom stereocenters. The summed E-state index contributed by atoms with van der Waals surface area (Å²) in [6, 6.07) is 6.26. The molecule has 0 bridgehead atoms. The molecule has 2 heterocycles. The number of pyridine rings is 1. The molecule has 1 saturated heterocycles. The Balaban J connectivity index is 1.66. The predicted molar refractivity (Wildman–Crippen MR) is 75.5 cm³/mol. The Kier molecular flexibility index (Phi) is 5.14. The molecule has 1 aromatic heterocycles. The fraction of sp³-hybridized carbons (Fsp3) is 0.667. The maximum Gasteiger partial charge on any atom is 0.0547 e. The Morgan fingerprint density at radius 3 is 3.06 bits per heavy atom. The van der Waals surface area contributed by atoms with Crippen molar-refractivity contribution in [3.8, 4) is 0 Å². The van der Waals surface area contributed by atoms with Gasteiger partial charge in [0.05, 0.1) is 5.69 Å². The molecule has 1 aromatic rings. The van der Waals surface area contributed by atoms with Gasteiger partial charge >= 0.3 is 0 Å². The third kappa shape index (κ3) is 4.39. The first-order chi connectivity index (χ1) is 8.74. The van der Waals surface area contributed by atoms with E-state index in [1.165, 1.54) is 44.6 Å². The van der Waals surface area contributed by atoms with Crippen LogP contribution >= 0.6 is 0 Å². The summed E-state index contributed by atoms with van der Waals surface area (Å²) in [5.41, 5.74) is 2.29. The van der Waals surface area contributed by atoms with Crippen LogP contribution in [-0.2, 0) is 6.54 Å². The lowest BCUT2D eigenvalue weighted by Crippen LogP contribution is -2.20. The number of nitrogens with zero attached hydrogens (tertiary/aromatic N) is 2. The molecular formula is C15H25N3. The number of hydrogen-bond acceptors (Lipinski definition) is 3. The first-order valence-electron chi connectivity index (χ1n) is 7.06. The minimum Gasteiger partial charge on any atom is -0.316 e. The van der Waals surface area contributed by atoms with Crippen molar-refractivity contribution in [2.75, 3.05) is 26.7 Å². The van der Waals surface area contributed by atoms with E-state index >= 15 is 0 Å². The Hall–Kier alpha value is -0.930. The van der Waals surface area contributed by atoms with Crippen LogP contribution in [0.15, 0.2) is 18.2 Å². The minimum atomic E-state index is 0.912. The Morgan fingerprint density at radius 1 is 1.44 bits per heavy atom. The molecule has 100 valence electrons. The van der Waals surface area contributed by atoms with Crippen LogP contribution in [0.5, 0.6) is 0 Å². The van der Waals surface area contributed by atoms with Gasteiger partial charge in [-0.05, 0) is 70.9 Å². The van der Waals surface area contributed by atoms with Crippen molar-refractivity contribution in [2.45, 2.75) is 32.7 Å². The molecule has 3 nitrogen and oxygen atoms in total. The van der Waals surface area contributed by atoms with Crippen molar-refractivity contribution >= 4 is 0 Å². The number of rotatable bonds is 6. The van der Waals surface area contributed by atoms with E-state index in [9.17, 15) is 0 Å². The molecule has 0 aliphatic carbocycles. The number of nitrogens with one attached hydrogen (secondary N) is 1. The Morgan fingerprint density at radius 2 is 2.33 bits per heavy atom. The minimum absolute atomic E-state index is 0.912. The zero-order valence-electron chi connectivity index (χ0n) is 11.7. The average Bonchev–Trinajstić information content (AvgIpc) is 2.82. The lowest BCUT2D eigenvalue weighted by atomic mass is 10.0. The smallest absolute Gasteiger partial charge is 0.0547 e. The van der Waals surface area contributed by atoms with Gasteiger partial charge in [0.1, 0.15) is 0 Å². The summed E-state index contributed by atoms with van der Waals surface area (Å²) in [5.74, 6) is 0.912. The molecule has 18 heavy (non-hydrogen) atoms. The van der Waals surface area contributed by atoms with Gasteiger partial charge < -0.3 is 10.2 Å². The van der Waals surface area contributed by atoms with Crippen LogP contribution in [-0.4, -0.2) is 36.6 Å². The Bertz CT molecular complexity index is 359. The summed E-state index contributed by atoms with van der Waals surface area (Å²) in [6.45, 7) is 6.63. The first kappa shape index (κ1) is 13.5. The highest BCUT2D eigenvalue weighted by Gasteiger charge is 2.13. The predicted octanol–water partition coefficient (Wildman–Crippen LogP) is 2.21. The van der Waals surface area contributed by atoms with Crippen LogP contribution in [0.4, 0.5) is 0 Å². The van der Waals surface area contributed by atoms with Crippen LogP contribution in [0.3, 0.4) is 0 Å². The van der Waals surface area contributed by atoms with Crippen molar-refractivity contribution in [1.29, 1.82) is 0 Å². The summed E-state index contributed by atoms with van der Waals surface area (Å²) in [4.78, 5) is 6.93. The second-order valence-electron chi connectivity index (χ2n) is 5.51. The van der Waals surface area contributed by atoms with E-state index in [1.54, 1.807) is 0 Å². The maximum absolute atomic E-state index is 4.55. The van der Waals surface area contributed by atoms with Crippen molar-refractivity contribution < 1.29 is 0 Å². The second kappa shape index (κ2) is 6.86. The van der Waals surface area contributed by atoms with E-state index < -0.39 is 0 Å². The summed E-state index contributed by atoms with van der Waals surface area (Å²) in [5, 5.41) is 3.43. The monoisotopic (exact) mass is 247 g/mol. The van der Waals surface area contributed by atoms with Crippen LogP contribution in [0.1, 0.15) is 30.7 Å². The quantitative estimate of drug-likeness (QED) is 0.835. The highest BCUT2D eigenvalue weighted by molar-refractivity contribution is 5.09. The van der Waals surface area contributed by atoms with Crippen LogP contribution in [0.25, 0.3) is 0 Å². The van der Waals surface area contributed by atoms with E-state index in [1.807, 2.05) is 0 Å². The van der Waals surface area contributed by atoms with Crippen LogP contribution in [0, 0.1) is 12.8 Å². The molecule has 1 aliphatic heterocycles. The molecule has 3 heteroatoms. The highest BCUT2D eigenvalue weighted by atomic mass is 15.1. The number of hydrogen-bond donors (Lipinski definition) is 1. The third-order valence-electron chi connectivity index (χ3n) is 3.69. The van der Waals surface area contributed by atoms with E-state index in [0.717, 1.165) is 18.2 Å². The van der Waals surface area contributed by atoms with Gasteiger partial charge in [0.25, 0.3) is 0 Å². The van der Waals surface area contributed by atoms with Gasteiger partial charge in [-0.15, -0.1) is 0 Å². The van der Waals surface area contributed by atoms with E-state index in [-0.39, 0.29) is 0 Å². The summed E-state index contributed by atoms with van der Waals surface area (Å²) < 4.78 is 0. The molecule has 0 spiro atoms. The van der Waals surface area contributed by atoms with Crippen LogP contribution < -0.4 is 5.32 Å². The fourth-order valence-electron chi connectivity index (χ4n) is 2.65. The lowest BCUT2D eigenvalue weighted by molar-refractivity contribution is 0.304. The van der Waals surface area contributed by atoms with Crippen LogP contribution in [0.2, 0.25) is 0 Å². The van der Waals surface area contributed by atoms with Crippen molar-refractivity contribution in [2.24, 2.45) is 5.92 Å². The third-order valence-corrected chi connectivity index (χ3v) is 3.69. The largest absolute Gasteiger partial charge is 0.316 e. The van der Waals surface area contributed by atoms with Gasteiger partial charge in [-0.2, -0.15) is 0 Å². The maximum atomic E-state index is 4.55. The molecule has 2 rings (SSSR count). The van der Waals surface area contributed by atoms with E-state index in [0.29, 0.717) is 0 Å². The standard InChI is InChI=1S/C15H25N3/c1-13-5-3-7-15(17-13)12-18(2)10-4-6-14-8-9-16-11-14/h3,5,7,14,16H,4,6,8-12H2,1-2H3. The summed E-state index contributed by atoms with van der Waals surface area (Å²) >= 11 is 0. The van der Waals surface area contributed by atoms with Gasteiger partial charge in [0.2, 0.25) is 0 Å². The van der Waals surface area contributed by atoms with Gasteiger partial charge in [-0.3, -0.25) is 4.98 Å². The Labute approximate surface area is 111 Å². The van der Waals surface area contributed by atoms with E-state index in [2.05, 4.69) is 47.4 Å². The zero-order valence-corrected chi connectivity index (χ0v) is 11.7. The van der Waals surface area contributed by atoms with E-state index in [4.69, 9.17) is 0 Å². The summed E-state index contributed by atoms with van der Waals surface area (Å²) in [7, 11) is 2.19. The molecular weight excluding hydrogens is 222 g/mol. The van der Waals surface area contributed by atoms with Crippen molar-refractivity contribution in [3.63, 3.8) is 0 Å². The van der Waals surface area contributed by atoms with Crippen molar-refractivity contribution in [3.05, 3.63) is 29.6 Å². The summed E-state index contributed by atoms with van der Waals surface area (Å²) in [6.07, 6.45) is 4.02. The van der Waals surface area contributed by atoms with Gasteiger partial charge in [-0.25, -0.2) is 0 Å². The average molecular weight is 247 g/mol. The van der Waals surface area contributed by atoms with Gasteiger partial charge in [-0.1, -0.05) is 6.07 Å². The molecule has 0 saturated carbocycles. The SMILES string of the molecule is Cc1cccc(CN(C)CCCC2CCNC2)n1. The molecule has 1 aliphatic rings. The zero-order chi connectivity index (χ0) is 12.8. The molecule has 1 atom stereocenters. The first-order valence-corrected chi connectivity index (χ1v) is 7.06.